The Hall–Kier alpha value is -2.31. The highest BCUT2D eigenvalue weighted by molar-refractivity contribution is 5.85. The molecule has 0 radical (unpaired) electrons. The Morgan fingerprint density at radius 1 is 1.09 bits per heavy atom. The second kappa shape index (κ2) is 6.21. The predicted octanol–water partition coefficient (Wildman–Crippen LogP) is 0.0976. The normalized spacial score (nSPS) is 19.0. The van der Waals surface area contributed by atoms with Crippen LogP contribution < -0.4 is 4.90 Å². The fourth-order valence-corrected chi connectivity index (χ4v) is 2.88. The summed E-state index contributed by atoms with van der Waals surface area (Å²) in [6, 6.07) is 3.91. The van der Waals surface area contributed by atoms with Crippen LogP contribution in [0.1, 0.15) is 0 Å². The third-order valence-corrected chi connectivity index (χ3v) is 4.29. The average Bonchev–Trinajstić information content (AvgIpc) is 2.88. The maximum Gasteiger partial charge on any atom is 0.320 e. The van der Waals surface area contributed by atoms with Crippen molar-refractivity contribution in [3.8, 4) is 0 Å². The number of likely N-dealkylation sites (N-methyl/N-ethyl adjacent to an activating group) is 1. The van der Waals surface area contributed by atoms with Crippen LogP contribution in [0.2, 0.25) is 0 Å². The third-order valence-electron chi connectivity index (χ3n) is 4.29. The van der Waals surface area contributed by atoms with E-state index < -0.39 is 0 Å². The minimum Gasteiger partial charge on any atom is -0.368 e. The van der Waals surface area contributed by atoms with E-state index in [0.717, 1.165) is 18.8 Å². The average molecular weight is 303 g/mol. The van der Waals surface area contributed by atoms with E-state index in [0.29, 0.717) is 26.2 Å². The van der Waals surface area contributed by atoms with E-state index in [1.54, 1.807) is 29.2 Å². The molecule has 3 amide bonds. The number of urea groups is 1. The number of hydrogen-bond donors (Lipinski definition) is 0. The van der Waals surface area contributed by atoms with Gasteiger partial charge in [-0.3, -0.25) is 9.78 Å². The summed E-state index contributed by atoms with van der Waals surface area (Å²) in [5, 5.41) is 0. The van der Waals surface area contributed by atoms with Crippen molar-refractivity contribution >= 4 is 17.6 Å². The van der Waals surface area contributed by atoms with Gasteiger partial charge >= 0.3 is 6.03 Å². The van der Waals surface area contributed by atoms with Gasteiger partial charge in [-0.2, -0.15) is 0 Å². The van der Waals surface area contributed by atoms with Crippen molar-refractivity contribution in [1.82, 2.24) is 19.7 Å². The molecule has 1 aromatic heterocycles. The van der Waals surface area contributed by atoms with Gasteiger partial charge in [0.1, 0.15) is 6.54 Å². The lowest BCUT2D eigenvalue weighted by Gasteiger charge is -2.36. The van der Waals surface area contributed by atoms with Crippen molar-refractivity contribution in [3.05, 3.63) is 24.5 Å². The monoisotopic (exact) mass is 303 g/mol. The number of rotatable bonds is 3. The number of aromatic nitrogens is 1. The van der Waals surface area contributed by atoms with Crippen LogP contribution in [0.15, 0.2) is 24.5 Å². The van der Waals surface area contributed by atoms with E-state index in [1.165, 1.54) is 0 Å². The third kappa shape index (κ3) is 2.98. The second-order valence-corrected chi connectivity index (χ2v) is 5.70. The van der Waals surface area contributed by atoms with Gasteiger partial charge in [-0.1, -0.05) is 0 Å². The zero-order valence-electron chi connectivity index (χ0n) is 12.8. The highest BCUT2D eigenvalue weighted by Gasteiger charge is 2.29. The van der Waals surface area contributed by atoms with E-state index in [4.69, 9.17) is 0 Å². The molecule has 2 fully saturated rings. The van der Waals surface area contributed by atoms with Crippen molar-refractivity contribution in [2.45, 2.75) is 0 Å². The number of nitrogens with zero attached hydrogens (tertiary/aromatic N) is 5. The molecule has 1 aromatic rings. The second-order valence-electron chi connectivity index (χ2n) is 5.70. The molecule has 0 aliphatic carbocycles. The van der Waals surface area contributed by atoms with Gasteiger partial charge in [0.15, 0.2) is 0 Å². The number of anilines is 1. The summed E-state index contributed by atoms with van der Waals surface area (Å²) in [5.41, 5.74) is 1.14. The number of carbonyl (C=O) groups is 2. The molecule has 0 bridgehead atoms. The van der Waals surface area contributed by atoms with Crippen LogP contribution in [0.4, 0.5) is 10.5 Å². The fraction of sp³-hybridized carbons (Fsp3) is 0.533. The molecule has 0 saturated carbocycles. The largest absolute Gasteiger partial charge is 0.368 e. The van der Waals surface area contributed by atoms with E-state index in [9.17, 15) is 9.59 Å². The topological polar surface area (TPSA) is 60.0 Å². The first-order chi connectivity index (χ1) is 10.6. The van der Waals surface area contributed by atoms with E-state index in [-0.39, 0.29) is 18.5 Å². The van der Waals surface area contributed by atoms with E-state index >= 15 is 0 Å². The van der Waals surface area contributed by atoms with E-state index in [1.807, 2.05) is 17.0 Å². The first-order valence-electron chi connectivity index (χ1n) is 7.58. The number of amides is 3. The Morgan fingerprint density at radius 3 is 2.36 bits per heavy atom. The summed E-state index contributed by atoms with van der Waals surface area (Å²) < 4.78 is 0. The summed E-state index contributed by atoms with van der Waals surface area (Å²) >= 11 is 0. The van der Waals surface area contributed by atoms with Crippen molar-refractivity contribution in [2.75, 3.05) is 57.8 Å². The van der Waals surface area contributed by atoms with Crippen LogP contribution in [0.3, 0.4) is 0 Å². The first kappa shape index (κ1) is 14.6. The molecule has 3 rings (SSSR count). The van der Waals surface area contributed by atoms with Crippen LogP contribution in [-0.4, -0.2) is 84.5 Å². The lowest BCUT2D eigenvalue weighted by molar-refractivity contribution is -0.131. The zero-order valence-corrected chi connectivity index (χ0v) is 12.8. The van der Waals surface area contributed by atoms with Crippen molar-refractivity contribution < 1.29 is 9.59 Å². The van der Waals surface area contributed by atoms with Gasteiger partial charge in [0.05, 0.1) is 0 Å². The van der Waals surface area contributed by atoms with Crippen LogP contribution in [-0.2, 0) is 4.79 Å². The minimum absolute atomic E-state index is 0.0398. The SMILES string of the molecule is CN1CCN(CC(=O)N2CCN(c3ccncc3)CC2)C1=O. The van der Waals surface area contributed by atoms with Crippen molar-refractivity contribution in [3.63, 3.8) is 0 Å². The van der Waals surface area contributed by atoms with Gasteiger partial charge in [-0.15, -0.1) is 0 Å². The van der Waals surface area contributed by atoms with Crippen LogP contribution >= 0.6 is 0 Å². The lowest BCUT2D eigenvalue weighted by atomic mass is 10.2. The smallest absolute Gasteiger partial charge is 0.320 e. The van der Waals surface area contributed by atoms with E-state index in [2.05, 4.69) is 9.88 Å². The van der Waals surface area contributed by atoms with Crippen LogP contribution in [0.25, 0.3) is 0 Å². The quantitative estimate of drug-likeness (QED) is 0.794. The Morgan fingerprint density at radius 2 is 1.77 bits per heavy atom. The molecular weight excluding hydrogens is 282 g/mol. The molecule has 0 atom stereocenters. The van der Waals surface area contributed by atoms with Gasteiger partial charge in [0.2, 0.25) is 5.91 Å². The molecule has 0 spiro atoms. The Bertz CT molecular complexity index is 542. The molecule has 2 aliphatic rings. The highest BCUT2D eigenvalue weighted by atomic mass is 16.2. The number of hydrogen-bond acceptors (Lipinski definition) is 4. The van der Waals surface area contributed by atoms with Gasteiger partial charge in [0, 0.05) is 64.4 Å². The molecule has 2 saturated heterocycles. The summed E-state index contributed by atoms with van der Waals surface area (Å²) in [6.45, 7) is 4.53. The Kier molecular flexibility index (Phi) is 4.13. The molecule has 0 N–H and O–H groups in total. The molecule has 3 heterocycles. The van der Waals surface area contributed by atoms with Gasteiger partial charge < -0.3 is 19.6 Å². The number of pyridine rings is 1. The molecule has 7 heteroatoms. The van der Waals surface area contributed by atoms with Gasteiger partial charge in [0.25, 0.3) is 0 Å². The maximum absolute atomic E-state index is 12.3. The van der Waals surface area contributed by atoms with Gasteiger partial charge in [-0.05, 0) is 12.1 Å². The summed E-state index contributed by atoms with van der Waals surface area (Å²) in [4.78, 5) is 35.6. The number of piperazine rings is 1. The Balaban J connectivity index is 1.51. The number of carbonyl (C=O) groups excluding carboxylic acids is 2. The van der Waals surface area contributed by atoms with Crippen LogP contribution in [0, 0.1) is 0 Å². The van der Waals surface area contributed by atoms with Crippen molar-refractivity contribution in [1.29, 1.82) is 0 Å². The highest BCUT2D eigenvalue weighted by Crippen LogP contribution is 2.15. The fourth-order valence-electron chi connectivity index (χ4n) is 2.88. The summed E-state index contributed by atoms with van der Waals surface area (Å²) in [6.07, 6.45) is 3.56. The minimum atomic E-state index is -0.0521. The lowest BCUT2D eigenvalue weighted by Crippen LogP contribution is -2.51. The molecule has 7 nitrogen and oxygen atoms in total. The summed E-state index contributed by atoms with van der Waals surface area (Å²) in [7, 11) is 1.76. The van der Waals surface area contributed by atoms with Crippen molar-refractivity contribution in [2.24, 2.45) is 0 Å². The molecular formula is C15H21N5O2. The summed E-state index contributed by atoms with van der Waals surface area (Å²) in [5.74, 6) is 0.0398. The standard InChI is InChI=1S/C15H21N5O2/c1-17-6-7-20(15(17)22)12-14(21)19-10-8-18(9-11-19)13-2-4-16-5-3-13/h2-5H,6-12H2,1H3. The molecule has 22 heavy (non-hydrogen) atoms. The molecule has 0 unspecified atom stereocenters. The maximum atomic E-state index is 12.3. The zero-order chi connectivity index (χ0) is 15.5. The first-order valence-corrected chi connectivity index (χ1v) is 7.58. The van der Waals surface area contributed by atoms with Gasteiger partial charge in [-0.25, -0.2) is 4.79 Å². The molecule has 2 aliphatic heterocycles. The predicted molar refractivity (Wildman–Crippen MR) is 82.6 cm³/mol. The van der Waals surface area contributed by atoms with Crippen LogP contribution in [0.5, 0.6) is 0 Å². The molecule has 118 valence electrons. The molecule has 0 aromatic carbocycles. The Labute approximate surface area is 130 Å².